The van der Waals surface area contributed by atoms with E-state index in [9.17, 15) is 9.59 Å². The molecular formula is C30H43N3O2. The topological polar surface area (TPSA) is 43.9 Å². The Morgan fingerprint density at radius 3 is 1.80 bits per heavy atom. The van der Waals surface area contributed by atoms with Crippen LogP contribution in [0.1, 0.15) is 72.1 Å². The quantitative estimate of drug-likeness (QED) is 0.320. The number of nitrogens with zero attached hydrogens (tertiary/aromatic N) is 3. The average Bonchev–Trinajstić information content (AvgIpc) is 2.89. The van der Waals surface area contributed by atoms with Gasteiger partial charge in [0.15, 0.2) is 0 Å². The Morgan fingerprint density at radius 2 is 1.34 bits per heavy atom. The van der Waals surface area contributed by atoms with E-state index in [0.29, 0.717) is 12.5 Å². The Hall–Kier alpha value is -2.82. The molecule has 2 atom stereocenters. The standard InChI is InChI=1S/C30H43N3O2/c1-4-6-14-21-31(22-15-7-5-2)29(34)26-20-23-32(25(3)24-26)30(35)33(27-16-10-8-11-17-27)28-18-12-9-13-19-28/h8-13,16-19,25-26H,4-7,14-15,20-24H2,1-3H3. The molecule has 0 N–H and O–H groups in total. The maximum Gasteiger partial charge on any atom is 0.329 e. The van der Waals surface area contributed by atoms with E-state index in [1.807, 2.05) is 65.6 Å². The van der Waals surface area contributed by atoms with Crippen molar-refractivity contribution in [2.75, 3.05) is 24.5 Å². The van der Waals surface area contributed by atoms with E-state index in [1.54, 1.807) is 4.90 Å². The van der Waals surface area contributed by atoms with Crippen LogP contribution >= 0.6 is 0 Å². The summed E-state index contributed by atoms with van der Waals surface area (Å²) in [6, 6.07) is 19.6. The molecule has 0 bridgehead atoms. The highest BCUT2D eigenvalue weighted by atomic mass is 16.2. The van der Waals surface area contributed by atoms with Crippen molar-refractivity contribution in [2.24, 2.45) is 5.92 Å². The number of hydrogen-bond donors (Lipinski definition) is 0. The van der Waals surface area contributed by atoms with Crippen LogP contribution in [0.2, 0.25) is 0 Å². The molecular weight excluding hydrogens is 434 g/mol. The van der Waals surface area contributed by atoms with Crippen molar-refractivity contribution in [1.82, 2.24) is 9.80 Å². The van der Waals surface area contributed by atoms with Crippen LogP contribution in [0.3, 0.4) is 0 Å². The summed E-state index contributed by atoms with van der Waals surface area (Å²) in [4.78, 5) is 33.2. The lowest BCUT2D eigenvalue weighted by Gasteiger charge is -2.41. The summed E-state index contributed by atoms with van der Waals surface area (Å²) in [6.45, 7) is 8.81. The van der Waals surface area contributed by atoms with Crippen LogP contribution in [0.25, 0.3) is 0 Å². The fourth-order valence-electron chi connectivity index (χ4n) is 5.03. The maximum atomic E-state index is 13.8. The van der Waals surface area contributed by atoms with Gasteiger partial charge >= 0.3 is 6.03 Å². The van der Waals surface area contributed by atoms with Gasteiger partial charge in [0.05, 0.1) is 11.4 Å². The van der Waals surface area contributed by atoms with Crippen LogP contribution in [0.15, 0.2) is 60.7 Å². The van der Waals surface area contributed by atoms with Gasteiger partial charge in [0, 0.05) is 31.6 Å². The van der Waals surface area contributed by atoms with Gasteiger partial charge in [0.25, 0.3) is 0 Å². The molecule has 5 heteroatoms. The second-order valence-corrected chi connectivity index (χ2v) is 9.79. The van der Waals surface area contributed by atoms with Crippen LogP contribution in [0, 0.1) is 5.92 Å². The Balaban J connectivity index is 1.70. The summed E-state index contributed by atoms with van der Waals surface area (Å²) < 4.78 is 0. The number of amides is 3. The molecule has 5 nitrogen and oxygen atoms in total. The van der Waals surface area contributed by atoms with Crippen molar-refractivity contribution >= 4 is 23.3 Å². The fraction of sp³-hybridized carbons (Fsp3) is 0.533. The van der Waals surface area contributed by atoms with Gasteiger partial charge in [-0.1, -0.05) is 75.9 Å². The zero-order valence-electron chi connectivity index (χ0n) is 21.9. The highest BCUT2D eigenvalue weighted by molar-refractivity contribution is 5.99. The molecule has 0 aromatic heterocycles. The van der Waals surface area contributed by atoms with E-state index in [0.717, 1.165) is 75.8 Å². The molecule has 2 unspecified atom stereocenters. The first-order valence-corrected chi connectivity index (χ1v) is 13.6. The van der Waals surface area contributed by atoms with Crippen LogP contribution in [0.5, 0.6) is 0 Å². The summed E-state index contributed by atoms with van der Waals surface area (Å²) in [6.07, 6.45) is 8.24. The molecule has 3 amide bonds. The molecule has 190 valence electrons. The summed E-state index contributed by atoms with van der Waals surface area (Å²) in [7, 11) is 0. The maximum absolute atomic E-state index is 13.8. The van der Waals surface area contributed by atoms with Crippen LogP contribution in [0.4, 0.5) is 16.2 Å². The van der Waals surface area contributed by atoms with E-state index in [-0.39, 0.29) is 18.0 Å². The third-order valence-corrected chi connectivity index (χ3v) is 7.07. The normalized spacial score (nSPS) is 17.7. The van der Waals surface area contributed by atoms with Gasteiger partial charge in [-0.3, -0.25) is 9.69 Å². The lowest BCUT2D eigenvalue weighted by atomic mass is 9.90. The third kappa shape index (κ3) is 7.33. The summed E-state index contributed by atoms with van der Waals surface area (Å²) >= 11 is 0. The van der Waals surface area contributed by atoms with Crippen molar-refractivity contribution in [3.8, 4) is 0 Å². The molecule has 1 fully saturated rings. The summed E-state index contributed by atoms with van der Waals surface area (Å²) in [5.41, 5.74) is 1.71. The van der Waals surface area contributed by atoms with Gasteiger partial charge < -0.3 is 9.80 Å². The van der Waals surface area contributed by atoms with Crippen LogP contribution < -0.4 is 4.90 Å². The first-order valence-electron chi connectivity index (χ1n) is 13.6. The summed E-state index contributed by atoms with van der Waals surface area (Å²) in [5, 5.41) is 0. The van der Waals surface area contributed by atoms with E-state index in [1.165, 1.54) is 0 Å². The number of rotatable bonds is 11. The van der Waals surface area contributed by atoms with Gasteiger partial charge in [-0.25, -0.2) is 4.79 Å². The zero-order valence-corrected chi connectivity index (χ0v) is 21.9. The molecule has 0 saturated carbocycles. The third-order valence-electron chi connectivity index (χ3n) is 7.07. The van der Waals surface area contributed by atoms with Crippen molar-refractivity contribution in [3.63, 3.8) is 0 Å². The first kappa shape index (κ1) is 26.8. The minimum atomic E-state index is -0.0245. The van der Waals surface area contributed by atoms with Gasteiger partial charge in [-0.05, 0) is 56.9 Å². The van der Waals surface area contributed by atoms with Crippen molar-refractivity contribution < 1.29 is 9.59 Å². The van der Waals surface area contributed by atoms with E-state index in [4.69, 9.17) is 0 Å². The molecule has 1 heterocycles. The second kappa shape index (κ2) is 13.9. The molecule has 0 radical (unpaired) electrons. The van der Waals surface area contributed by atoms with Gasteiger partial charge in [-0.2, -0.15) is 0 Å². The van der Waals surface area contributed by atoms with Gasteiger partial charge in [0.2, 0.25) is 5.91 Å². The van der Waals surface area contributed by atoms with Crippen LogP contribution in [-0.4, -0.2) is 47.4 Å². The first-order chi connectivity index (χ1) is 17.1. The lowest BCUT2D eigenvalue weighted by molar-refractivity contribution is -0.137. The minimum absolute atomic E-state index is 0.000737. The zero-order chi connectivity index (χ0) is 25.0. The monoisotopic (exact) mass is 477 g/mol. The number of unbranched alkanes of at least 4 members (excludes halogenated alkanes) is 4. The van der Waals surface area contributed by atoms with E-state index in [2.05, 4.69) is 25.7 Å². The van der Waals surface area contributed by atoms with E-state index >= 15 is 0 Å². The highest BCUT2D eigenvalue weighted by Crippen LogP contribution is 2.31. The van der Waals surface area contributed by atoms with Crippen molar-refractivity contribution in [2.45, 2.75) is 78.2 Å². The van der Waals surface area contributed by atoms with Crippen molar-refractivity contribution in [3.05, 3.63) is 60.7 Å². The minimum Gasteiger partial charge on any atom is -0.342 e. The predicted octanol–water partition coefficient (Wildman–Crippen LogP) is 7.25. The smallest absolute Gasteiger partial charge is 0.329 e. The summed E-state index contributed by atoms with van der Waals surface area (Å²) in [5.74, 6) is 0.290. The Bertz CT molecular complexity index is 853. The van der Waals surface area contributed by atoms with Crippen molar-refractivity contribution in [1.29, 1.82) is 0 Å². The number of carbonyl (C=O) groups excluding carboxylic acids is 2. The highest BCUT2D eigenvalue weighted by Gasteiger charge is 2.36. The lowest BCUT2D eigenvalue weighted by Crippen LogP contribution is -2.52. The number of likely N-dealkylation sites (tertiary alicyclic amines) is 1. The molecule has 35 heavy (non-hydrogen) atoms. The SMILES string of the molecule is CCCCCN(CCCCC)C(=O)C1CCN(C(=O)N(c2ccccc2)c2ccccc2)C(C)C1. The number of benzene rings is 2. The van der Waals surface area contributed by atoms with Gasteiger partial charge in [-0.15, -0.1) is 0 Å². The number of urea groups is 1. The number of hydrogen-bond acceptors (Lipinski definition) is 2. The number of piperidine rings is 1. The number of para-hydroxylation sites is 2. The fourth-order valence-corrected chi connectivity index (χ4v) is 5.03. The molecule has 1 saturated heterocycles. The molecule has 2 aromatic rings. The van der Waals surface area contributed by atoms with Crippen LogP contribution in [-0.2, 0) is 4.79 Å². The molecule has 2 aromatic carbocycles. The second-order valence-electron chi connectivity index (χ2n) is 9.79. The molecule has 3 rings (SSSR count). The Kier molecular flexibility index (Phi) is 10.6. The molecule has 1 aliphatic rings. The predicted molar refractivity (Wildman–Crippen MR) is 145 cm³/mol. The molecule has 1 aliphatic heterocycles. The molecule has 0 spiro atoms. The van der Waals surface area contributed by atoms with Gasteiger partial charge in [0.1, 0.15) is 0 Å². The van der Waals surface area contributed by atoms with E-state index < -0.39 is 0 Å². The Morgan fingerprint density at radius 1 is 0.829 bits per heavy atom. The number of anilines is 2. The Labute approximate surface area is 212 Å². The largest absolute Gasteiger partial charge is 0.342 e. The number of carbonyl (C=O) groups is 2. The average molecular weight is 478 g/mol. The molecule has 0 aliphatic carbocycles.